The van der Waals surface area contributed by atoms with Crippen molar-refractivity contribution >= 4 is 5.91 Å². The Morgan fingerprint density at radius 2 is 2.21 bits per heavy atom. The van der Waals surface area contributed by atoms with Gasteiger partial charge in [0.25, 0.3) is 0 Å². The SMILES string of the molecule is CCCNC(C)(CCCCN1CCC(C)C1)C(N)=O. The number of likely N-dealkylation sites (tertiary alicyclic amines) is 1. The quantitative estimate of drug-likeness (QED) is 0.627. The Bertz CT molecular complexity index is 283. The lowest BCUT2D eigenvalue weighted by atomic mass is 9.93. The van der Waals surface area contributed by atoms with Crippen LogP contribution in [0.25, 0.3) is 0 Å². The number of hydrogen-bond donors (Lipinski definition) is 2. The van der Waals surface area contributed by atoms with Crippen LogP contribution in [0.1, 0.15) is 52.9 Å². The second-order valence-corrected chi connectivity index (χ2v) is 6.27. The van der Waals surface area contributed by atoms with Crippen LogP contribution >= 0.6 is 0 Å². The highest BCUT2D eigenvalue weighted by Gasteiger charge is 2.29. The monoisotopic (exact) mass is 269 g/mol. The third-order valence-electron chi connectivity index (χ3n) is 4.22. The zero-order chi connectivity index (χ0) is 14.3. The molecule has 1 aliphatic rings. The molecule has 112 valence electrons. The molecular formula is C15H31N3O. The second-order valence-electron chi connectivity index (χ2n) is 6.27. The van der Waals surface area contributed by atoms with E-state index in [0.717, 1.165) is 44.7 Å². The van der Waals surface area contributed by atoms with Crippen molar-refractivity contribution in [2.24, 2.45) is 11.7 Å². The minimum atomic E-state index is -0.533. The molecule has 1 amide bonds. The molecule has 4 heteroatoms. The fourth-order valence-corrected chi connectivity index (χ4v) is 2.74. The molecule has 1 fully saturated rings. The Balaban J connectivity index is 2.22. The van der Waals surface area contributed by atoms with E-state index in [2.05, 4.69) is 24.1 Å². The molecular weight excluding hydrogens is 238 g/mol. The van der Waals surface area contributed by atoms with Crippen molar-refractivity contribution in [3.8, 4) is 0 Å². The number of primary amides is 1. The molecule has 0 radical (unpaired) electrons. The second kappa shape index (κ2) is 7.85. The van der Waals surface area contributed by atoms with E-state index in [0.29, 0.717) is 0 Å². The van der Waals surface area contributed by atoms with Crippen LogP contribution < -0.4 is 11.1 Å². The van der Waals surface area contributed by atoms with Gasteiger partial charge in [-0.05, 0) is 64.6 Å². The lowest BCUT2D eigenvalue weighted by Crippen LogP contribution is -2.53. The number of carbonyl (C=O) groups excluding carboxylic acids is 1. The van der Waals surface area contributed by atoms with Gasteiger partial charge in [-0.15, -0.1) is 0 Å². The minimum absolute atomic E-state index is 0.226. The highest BCUT2D eigenvalue weighted by molar-refractivity contribution is 5.84. The minimum Gasteiger partial charge on any atom is -0.368 e. The number of unbranched alkanes of at least 4 members (excludes halogenated alkanes) is 1. The Morgan fingerprint density at radius 1 is 1.47 bits per heavy atom. The van der Waals surface area contributed by atoms with Gasteiger partial charge >= 0.3 is 0 Å². The van der Waals surface area contributed by atoms with Gasteiger partial charge in [-0.3, -0.25) is 4.79 Å². The highest BCUT2D eigenvalue weighted by atomic mass is 16.1. The molecule has 2 atom stereocenters. The van der Waals surface area contributed by atoms with E-state index < -0.39 is 5.54 Å². The van der Waals surface area contributed by atoms with Gasteiger partial charge in [-0.25, -0.2) is 0 Å². The third kappa shape index (κ3) is 5.49. The normalized spacial score (nSPS) is 23.4. The molecule has 0 bridgehead atoms. The van der Waals surface area contributed by atoms with E-state index in [-0.39, 0.29) is 5.91 Å². The van der Waals surface area contributed by atoms with Gasteiger partial charge < -0.3 is 16.0 Å². The van der Waals surface area contributed by atoms with Crippen molar-refractivity contribution < 1.29 is 4.79 Å². The molecule has 1 heterocycles. The molecule has 3 N–H and O–H groups in total. The maximum absolute atomic E-state index is 11.6. The number of nitrogens with zero attached hydrogens (tertiary/aromatic N) is 1. The summed E-state index contributed by atoms with van der Waals surface area (Å²) in [5.41, 5.74) is 4.99. The van der Waals surface area contributed by atoms with E-state index in [4.69, 9.17) is 5.73 Å². The van der Waals surface area contributed by atoms with Crippen molar-refractivity contribution in [3.63, 3.8) is 0 Å². The van der Waals surface area contributed by atoms with Crippen LogP contribution in [0.5, 0.6) is 0 Å². The Morgan fingerprint density at radius 3 is 2.74 bits per heavy atom. The van der Waals surface area contributed by atoms with Crippen molar-refractivity contribution in [2.75, 3.05) is 26.2 Å². The maximum atomic E-state index is 11.6. The number of nitrogens with one attached hydrogen (secondary N) is 1. The van der Waals surface area contributed by atoms with Crippen LogP contribution in [0.2, 0.25) is 0 Å². The Labute approximate surface area is 118 Å². The van der Waals surface area contributed by atoms with Gasteiger partial charge in [-0.1, -0.05) is 13.8 Å². The molecule has 1 saturated heterocycles. The predicted octanol–water partition coefficient (Wildman–Crippen LogP) is 1.74. The van der Waals surface area contributed by atoms with E-state index in [1.54, 1.807) is 0 Å². The molecule has 2 unspecified atom stereocenters. The smallest absolute Gasteiger partial charge is 0.237 e. The molecule has 1 aliphatic heterocycles. The van der Waals surface area contributed by atoms with E-state index in [1.807, 2.05) is 6.92 Å². The molecule has 4 nitrogen and oxygen atoms in total. The van der Waals surface area contributed by atoms with Gasteiger partial charge in [0.1, 0.15) is 0 Å². The first-order chi connectivity index (χ1) is 8.98. The van der Waals surface area contributed by atoms with Gasteiger partial charge in [0.05, 0.1) is 5.54 Å². The van der Waals surface area contributed by atoms with Gasteiger partial charge in [0, 0.05) is 6.54 Å². The van der Waals surface area contributed by atoms with Crippen LogP contribution in [0.4, 0.5) is 0 Å². The highest BCUT2D eigenvalue weighted by Crippen LogP contribution is 2.17. The first-order valence-electron chi connectivity index (χ1n) is 7.75. The van der Waals surface area contributed by atoms with Crippen LogP contribution in [0.3, 0.4) is 0 Å². The summed E-state index contributed by atoms with van der Waals surface area (Å²) in [6, 6.07) is 0. The molecule has 1 rings (SSSR count). The van der Waals surface area contributed by atoms with E-state index in [1.165, 1.54) is 19.5 Å². The molecule has 0 aromatic carbocycles. The molecule has 19 heavy (non-hydrogen) atoms. The van der Waals surface area contributed by atoms with Gasteiger partial charge in [0.15, 0.2) is 0 Å². The summed E-state index contributed by atoms with van der Waals surface area (Å²) in [7, 11) is 0. The van der Waals surface area contributed by atoms with Crippen molar-refractivity contribution in [1.82, 2.24) is 10.2 Å². The van der Waals surface area contributed by atoms with Crippen LogP contribution in [0.15, 0.2) is 0 Å². The summed E-state index contributed by atoms with van der Waals surface area (Å²) in [6.07, 6.45) is 5.40. The largest absolute Gasteiger partial charge is 0.368 e. The number of amides is 1. The zero-order valence-corrected chi connectivity index (χ0v) is 12.9. The van der Waals surface area contributed by atoms with Gasteiger partial charge in [0.2, 0.25) is 5.91 Å². The number of rotatable bonds is 9. The zero-order valence-electron chi connectivity index (χ0n) is 12.9. The van der Waals surface area contributed by atoms with Crippen LogP contribution in [-0.2, 0) is 4.79 Å². The Kier molecular flexibility index (Phi) is 6.80. The average molecular weight is 269 g/mol. The number of carbonyl (C=O) groups is 1. The van der Waals surface area contributed by atoms with Gasteiger partial charge in [-0.2, -0.15) is 0 Å². The molecule has 0 saturated carbocycles. The molecule has 0 aliphatic carbocycles. The molecule has 0 spiro atoms. The predicted molar refractivity (Wildman–Crippen MR) is 80.0 cm³/mol. The summed E-state index contributed by atoms with van der Waals surface area (Å²) in [5, 5.41) is 3.29. The lowest BCUT2D eigenvalue weighted by molar-refractivity contribution is -0.124. The third-order valence-corrected chi connectivity index (χ3v) is 4.22. The lowest BCUT2D eigenvalue weighted by Gasteiger charge is -2.27. The fraction of sp³-hybridized carbons (Fsp3) is 0.933. The van der Waals surface area contributed by atoms with Crippen molar-refractivity contribution in [3.05, 3.63) is 0 Å². The summed E-state index contributed by atoms with van der Waals surface area (Å²) < 4.78 is 0. The van der Waals surface area contributed by atoms with Crippen molar-refractivity contribution in [1.29, 1.82) is 0 Å². The van der Waals surface area contributed by atoms with Crippen LogP contribution in [-0.4, -0.2) is 42.5 Å². The molecule has 0 aromatic heterocycles. The van der Waals surface area contributed by atoms with E-state index >= 15 is 0 Å². The summed E-state index contributed by atoms with van der Waals surface area (Å²) in [4.78, 5) is 14.1. The van der Waals surface area contributed by atoms with Crippen LogP contribution in [0, 0.1) is 5.92 Å². The first-order valence-corrected chi connectivity index (χ1v) is 7.75. The topological polar surface area (TPSA) is 58.4 Å². The Hall–Kier alpha value is -0.610. The standard InChI is InChI=1S/C15H31N3O/c1-4-9-17-15(3,14(16)19)8-5-6-10-18-11-7-13(2)12-18/h13,17H,4-12H2,1-3H3,(H2,16,19). The summed E-state index contributed by atoms with van der Waals surface area (Å²) in [6.45, 7) is 10.8. The van der Waals surface area contributed by atoms with Crippen molar-refractivity contribution in [2.45, 2.75) is 58.4 Å². The fourth-order valence-electron chi connectivity index (χ4n) is 2.74. The summed E-state index contributed by atoms with van der Waals surface area (Å²) >= 11 is 0. The number of nitrogens with two attached hydrogens (primary N) is 1. The maximum Gasteiger partial charge on any atom is 0.237 e. The summed E-state index contributed by atoms with van der Waals surface area (Å²) in [5.74, 6) is 0.623. The molecule has 0 aromatic rings. The van der Waals surface area contributed by atoms with E-state index in [9.17, 15) is 4.79 Å². The average Bonchev–Trinajstić information content (AvgIpc) is 2.78. The number of hydrogen-bond acceptors (Lipinski definition) is 3. The first kappa shape index (κ1) is 16.4.